The first-order valence-corrected chi connectivity index (χ1v) is 7.23. The predicted octanol–water partition coefficient (Wildman–Crippen LogP) is 3.90. The molecular weight excluding hydrogens is 254 g/mol. The fourth-order valence-corrected chi connectivity index (χ4v) is 2.20. The Hall–Kier alpha value is -1.84. The lowest BCUT2D eigenvalue weighted by atomic mass is 9.99. The number of carbonyl (C=O) groups excluding carboxylic acids is 1. The second kappa shape index (κ2) is 8.35. The zero-order valence-electron chi connectivity index (χ0n) is 12.0. The van der Waals surface area contributed by atoms with Crippen LogP contribution in [0.2, 0.25) is 0 Å². The third kappa shape index (κ3) is 4.68. The molecule has 3 N–H and O–H groups in total. The molecule has 1 rings (SSSR count). The molecule has 0 bridgehead atoms. The van der Waals surface area contributed by atoms with Crippen molar-refractivity contribution in [3.05, 3.63) is 29.3 Å². The van der Waals surface area contributed by atoms with Crippen molar-refractivity contribution in [1.29, 1.82) is 0 Å². The number of Topliss-reactive ketones (excluding diaryl/α,β-unsaturated/α-hetero) is 1. The number of benzene rings is 1. The van der Waals surface area contributed by atoms with Crippen LogP contribution >= 0.6 is 0 Å². The number of ketones is 1. The van der Waals surface area contributed by atoms with E-state index in [4.69, 9.17) is 10.8 Å². The number of carbonyl (C=O) groups is 2. The summed E-state index contributed by atoms with van der Waals surface area (Å²) in [5.41, 5.74) is 6.16. The molecule has 0 aromatic heterocycles. The van der Waals surface area contributed by atoms with E-state index in [9.17, 15) is 9.59 Å². The summed E-state index contributed by atoms with van der Waals surface area (Å²) in [5, 5.41) is 8.98. The summed E-state index contributed by atoms with van der Waals surface area (Å²) in [4.78, 5) is 23.0. The van der Waals surface area contributed by atoms with E-state index in [-0.39, 0.29) is 17.0 Å². The molecule has 0 aliphatic carbocycles. The molecule has 0 atom stereocenters. The van der Waals surface area contributed by atoms with Crippen LogP contribution in [0.1, 0.15) is 72.6 Å². The van der Waals surface area contributed by atoms with E-state index in [2.05, 4.69) is 6.92 Å². The zero-order valence-corrected chi connectivity index (χ0v) is 12.0. The maximum atomic E-state index is 12.1. The monoisotopic (exact) mass is 277 g/mol. The minimum Gasteiger partial charge on any atom is -0.478 e. The fraction of sp³-hybridized carbons (Fsp3) is 0.500. The molecule has 0 saturated heterocycles. The van der Waals surface area contributed by atoms with Gasteiger partial charge < -0.3 is 10.8 Å². The highest BCUT2D eigenvalue weighted by atomic mass is 16.4. The molecule has 4 heteroatoms. The molecule has 1 aromatic rings. The van der Waals surface area contributed by atoms with Gasteiger partial charge in [-0.25, -0.2) is 4.79 Å². The quantitative estimate of drug-likeness (QED) is 0.407. The predicted molar refractivity (Wildman–Crippen MR) is 80.1 cm³/mol. The van der Waals surface area contributed by atoms with Gasteiger partial charge >= 0.3 is 5.97 Å². The van der Waals surface area contributed by atoms with Gasteiger partial charge in [0, 0.05) is 12.0 Å². The van der Waals surface area contributed by atoms with Crippen molar-refractivity contribution in [2.24, 2.45) is 0 Å². The number of para-hydroxylation sites is 1. The van der Waals surface area contributed by atoms with Crippen LogP contribution in [0.15, 0.2) is 18.2 Å². The van der Waals surface area contributed by atoms with E-state index >= 15 is 0 Å². The number of aromatic carboxylic acids is 1. The van der Waals surface area contributed by atoms with Crippen LogP contribution in [0.3, 0.4) is 0 Å². The molecule has 0 unspecified atom stereocenters. The van der Waals surface area contributed by atoms with Crippen LogP contribution in [0.25, 0.3) is 0 Å². The summed E-state index contributed by atoms with van der Waals surface area (Å²) in [6.45, 7) is 2.17. The third-order valence-corrected chi connectivity index (χ3v) is 3.39. The maximum Gasteiger partial charge on any atom is 0.337 e. The molecule has 0 aliphatic heterocycles. The molecule has 0 fully saturated rings. The molecule has 0 radical (unpaired) electrons. The number of hydrogen-bond donors (Lipinski definition) is 2. The van der Waals surface area contributed by atoms with Crippen molar-refractivity contribution in [2.75, 3.05) is 5.73 Å². The highest BCUT2D eigenvalue weighted by molar-refractivity contribution is 6.06. The summed E-state index contributed by atoms with van der Waals surface area (Å²) in [6, 6.07) is 4.58. The van der Waals surface area contributed by atoms with Gasteiger partial charge in [0.15, 0.2) is 5.78 Å². The Labute approximate surface area is 120 Å². The Kier molecular flexibility index (Phi) is 6.77. The highest BCUT2D eigenvalue weighted by Crippen LogP contribution is 2.20. The number of carboxylic acid groups (broad SMARTS) is 1. The number of unbranched alkanes of at least 4 members (excludes halogenated alkanes) is 5. The van der Waals surface area contributed by atoms with Crippen LogP contribution in [-0.2, 0) is 0 Å². The summed E-state index contributed by atoms with van der Waals surface area (Å²) in [7, 11) is 0. The first-order valence-electron chi connectivity index (χ1n) is 7.23. The lowest BCUT2D eigenvalue weighted by Gasteiger charge is -2.07. The molecule has 20 heavy (non-hydrogen) atoms. The number of rotatable bonds is 9. The zero-order chi connectivity index (χ0) is 15.0. The van der Waals surface area contributed by atoms with Crippen LogP contribution in [0, 0.1) is 0 Å². The molecule has 4 nitrogen and oxygen atoms in total. The van der Waals surface area contributed by atoms with Crippen molar-refractivity contribution >= 4 is 17.4 Å². The van der Waals surface area contributed by atoms with Crippen LogP contribution < -0.4 is 5.73 Å². The van der Waals surface area contributed by atoms with Gasteiger partial charge in [0.05, 0.1) is 11.3 Å². The average molecular weight is 277 g/mol. The van der Waals surface area contributed by atoms with Crippen LogP contribution in [0.4, 0.5) is 5.69 Å². The normalized spacial score (nSPS) is 10.4. The number of nitrogen functional groups attached to an aromatic ring is 1. The Morgan fingerprint density at radius 2 is 1.65 bits per heavy atom. The van der Waals surface area contributed by atoms with Gasteiger partial charge in [-0.15, -0.1) is 0 Å². The average Bonchev–Trinajstić information content (AvgIpc) is 2.42. The van der Waals surface area contributed by atoms with Crippen LogP contribution in [-0.4, -0.2) is 16.9 Å². The molecule has 1 aromatic carbocycles. The minimum atomic E-state index is -1.10. The molecule has 110 valence electrons. The first-order chi connectivity index (χ1) is 9.57. The second-order valence-corrected chi connectivity index (χ2v) is 5.01. The number of hydrogen-bond acceptors (Lipinski definition) is 3. The van der Waals surface area contributed by atoms with Gasteiger partial charge in [0.1, 0.15) is 0 Å². The van der Waals surface area contributed by atoms with E-state index in [1.165, 1.54) is 25.3 Å². The Morgan fingerprint density at radius 3 is 2.30 bits per heavy atom. The molecular formula is C16H23NO3. The summed E-state index contributed by atoms with van der Waals surface area (Å²) < 4.78 is 0. The second-order valence-electron chi connectivity index (χ2n) is 5.01. The third-order valence-electron chi connectivity index (χ3n) is 3.39. The Morgan fingerprint density at radius 1 is 1.05 bits per heavy atom. The Bertz CT molecular complexity index is 469. The largest absolute Gasteiger partial charge is 0.478 e. The summed E-state index contributed by atoms with van der Waals surface area (Å²) >= 11 is 0. The summed E-state index contributed by atoms with van der Waals surface area (Å²) in [6.07, 6.45) is 7.09. The van der Waals surface area contributed by atoms with E-state index < -0.39 is 5.97 Å². The first kappa shape index (κ1) is 16.2. The van der Waals surface area contributed by atoms with Crippen molar-refractivity contribution in [3.8, 4) is 0 Å². The SMILES string of the molecule is CCCCCCCCC(=O)c1cccc(C(=O)O)c1N. The molecule has 0 amide bonds. The van der Waals surface area contributed by atoms with E-state index in [1.54, 1.807) is 12.1 Å². The van der Waals surface area contributed by atoms with Gasteiger partial charge in [-0.2, -0.15) is 0 Å². The van der Waals surface area contributed by atoms with Crippen molar-refractivity contribution in [2.45, 2.75) is 51.9 Å². The lowest BCUT2D eigenvalue weighted by molar-refractivity contribution is 0.0698. The maximum absolute atomic E-state index is 12.1. The van der Waals surface area contributed by atoms with E-state index in [1.807, 2.05) is 0 Å². The summed E-state index contributed by atoms with van der Waals surface area (Å²) in [5.74, 6) is -1.17. The number of nitrogens with two attached hydrogens (primary N) is 1. The van der Waals surface area contributed by atoms with Crippen LogP contribution in [0.5, 0.6) is 0 Å². The smallest absolute Gasteiger partial charge is 0.337 e. The lowest BCUT2D eigenvalue weighted by Crippen LogP contribution is -2.09. The highest BCUT2D eigenvalue weighted by Gasteiger charge is 2.15. The topological polar surface area (TPSA) is 80.4 Å². The van der Waals surface area contributed by atoms with Gasteiger partial charge in [-0.3, -0.25) is 4.79 Å². The van der Waals surface area contributed by atoms with Crippen molar-refractivity contribution < 1.29 is 14.7 Å². The molecule has 0 saturated carbocycles. The molecule has 0 heterocycles. The minimum absolute atomic E-state index is 0.00112. The standard InChI is InChI=1S/C16H23NO3/c1-2-3-4-5-6-7-11-14(18)12-9-8-10-13(15(12)17)16(19)20/h8-10H,2-7,11,17H2,1H3,(H,19,20). The Balaban J connectivity index is 2.52. The van der Waals surface area contributed by atoms with E-state index in [0.29, 0.717) is 12.0 Å². The molecule has 0 aliphatic rings. The fourth-order valence-electron chi connectivity index (χ4n) is 2.20. The van der Waals surface area contributed by atoms with Gasteiger partial charge in [0.25, 0.3) is 0 Å². The number of carboxylic acids is 1. The van der Waals surface area contributed by atoms with Crippen molar-refractivity contribution in [1.82, 2.24) is 0 Å². The van der Waals surface area contributed by atoms with Gasteiger partial charge in [0.2, 0.25) is 0 Å². The van der Waals surface area contributed by atoms with Gasteiger partial charge in [-0.05, 0) is 18.6 Å². The van der Waals surface area contributed by atoms with Gasteiger partial charge in [-0.1, -0.05) is 45.1 Å². The van der Waals surface area contributed by atoms with E-state index in [0.717, 1.165) is 19.3 Å². The number of anilines is 1. The molecule has 0 spiro atoms. The van der Waals surface area contributed by atoms with Crippen molar-refractivity contribution in [3.63, 3.8) is 0 Å².